The number of nitrogens with one attached hydrogen (secondary N) is 1. The van der Waals surface area contributed by atoms with Crippen LogP contribution in [0.2, 0.25) is 0 Å². The number of H-pyrrole nitrogens is 1. The number of hydrogen-bond acceptors (Lipinski definition) is 3. The summed E-state index contributed by atoms with van der Waals surface area (Å²) in [4.78, 5) is 19.1. The Kier molecular flexibility index (Phi) is 2.71. The summed E-state index contributed by atoms with van der Waals surface area (Å²) in [5.74, 6) is 0. The van der Waals surface area contributed by atoms with Crippen molar-refractivity contribution in [2.75, 3.05) is 0 Å². The molecule has 3 rings (SSSR count). The van der Waals surface area contributed by atoms with E-state index in [0.29, 0.717) is 12.0 Å². The molecule has 1 aliphatic rings. The first-order valence-corrected chi connectivity index (χ1v) is 6.56. The third-order valence-corrected chi connectivity index (χ3v) is 3.80. The molecule has 1 N–H and O–H groups in total. The predicted molar refractivity (Wildman–Crippen MR) is 74.1 cm³/mol. The molecule has 4 heteroatoms. The van der Waals surface area contributed by atoms with Gasteiger partial charge >= 0.3 is 0 Å². The molecule has 0 aliphatic carbocycles. The van der Waals surface area contributed by atoms with E-state index in [-0.39, 0.29) is 17.1 Å². The van der Waals surface area contributed by atoms with Crippen LogP contribution in [0.5, 0.6) is 0 Å². The van der Waals surface area contributed by atoms with Crippen molar-refractivity contribution in [2.24, 2.45) is 5.41 Å². The second kappa shape index (κ2) is 4.17. The van der Waals surface area contributed by atoms with Crippen LogP contribution in [-0.2, 0) is 17.8 Å². The van der Waals surface area contributed by atoms with E-state index in [9.17, 15) is 4.79 Å². The van der Waals surface area contributed by atoms with Crippen molar-refractivity contribution in [3.05, 3.63) is 40.1 Å². The van der Waals surface area contributed by atoms with Crippen molar-refractivity contribution in [2.45, 2.75) is 39.9 Å². The Bertz CT molecular complexity index is 683. The van der Waals surface area contributed by atoms with Crippen LogP contribution in [0, 0.1) is 5.41 Å². The van der Waals surface area contributed by atoms with Crippen LogP contribution in [-0.4, -0.2) is 16.1 Å². The second-order valence-electron chi connectivity index (χ2n) is 6.20. The summed E-state index contributed by atoms with van der Waals surface area (Å²) in [6, 6.07) is 1.89. The van der Waals surface area contributed by atoms with Crippen LogP contribution in [0.4, 0.5) is 0 Å². The molecule has 4 nitrogen and oxygen atoms in total. The Balaban J connectivity index is 2.15. The summed E-state index contributed by atoms with van der Waals surface area (Å²) < 4.78 is 5.97. The summed E-state index contributed by atoms with van der Waals surface area (Å²) in [6.07, 6.45) is 4.23. The van der Waals surface area contributed by atoms with E-state index in [4.69, 9.17) is 4.74 Å². The highest BCUT2D eigenvalue weighted by atomic mass is 16.5. The fourth-order valence-electron chi connectivity index (χ4n) is 2.60. The van der Waals surface area contributed by atoms with Gasteiger partial charge in [0.1, 0.15) is 0 Å². The maximum absolute atomic E-state index is 12.1. The van der Waals surface area contributed by atoms with Crippen LogP contribution in [0.25, 0.3) is 10.8 Å². The SMILES string of the molecule is CC(C)(C)C1Cc2[nH]c(=O)c3cnccc3c2CO1. The summed E-state index contributed by atoms with van der Waals surface area (Å²) in [7, 11) is 0. The van der Waals surface area contributed by atoms with Gasteiger partial charge in [-0.3, -0.25) is 9.78 Å². The van der Waals surface area contributed by atoms with Crippen LogP contribution in [0.15, 0.2) is 23.3 Å². The average molecular weight is 258 g/mol. The second-order valence-corrected chi connectivity index (χ2v) is 6.20. The highest BCUT2D eigenvalue weighted by Crippen LogP contribution is 2.32. The summed E-state index contributed by atoms with van der Waals surface area (Å²) in [6.45, 7) is 7.03. The van der Waals surface area contributed by atoms with Gasteiger partial charge in [0.05, 0.1) is 18.1 Å². The highest BCUT2D eigenvalue weighted by molar-refractivity contribution is 5.84. The monoisotopic (exact) mass is 258 g/mol. The van der Waals surface area contributed by atoms with Crippen molar-refractivity contribution in [3.63, 3.8) is 0 Å². The maximum Gasteiger partial charge on any atom is 0.257 e. The van der Waals surface area contributed by atoms with Gasteiger partial charge in [-0.15, -0.1) is 0 Å². The van der Waals surface area contributed by atoms with Crippen LogP contribution in [0.3, 0.4) is 0 Å². The third kappa shape index (κ3) is 2.06. The molecule has 2 aromatic rings. The standard InChI is InChI=1S/C15H18N2O2/c1-15(2,3)13-6-12-11(8-19-13)9-4-5-16-7-10(9)14(18)17-12/h4-5,7,13H,6,8H2,1-3H3,(H,17,18). The number of aromatic nitrogens is 2. The Morgan fingerprint density at radius 3 is 2.89 bits per heavy atom. The molecule has 0 amide bonds. The van der Waals surface area contributed by atoms with E-state index in [2.05, 4.69) is 30.7 Å². The molecule has 1 unspecified atom stereocenters. The minimum atomic E-state index is -0.0589. The van der Waals surface area contributed by atoms with Crippen molar-refractivity contribution in [1.29, 1.82) is 0 Å². The Hall–Kier alpha value is -1.68. The van der Waals surface area contributed by atoms with E-state index in [0.717, 1.165) is 23.1 Å². The summed E-state index contributed by atoms with van der Waals surface area (Å²) >= 11 is 0. The lowest BCUT2D eigenvalue weighted by atomic mass is 9.84. The molecule has 3 heterocycles. The normalized spacial score (nSPS) is 19.4. The van der Waals surface area contributed by atoms with Crippen molar-refractivity contribution >= 4 is 10.8 Å². The van der Waals surface area contributed by atoms with Gasteiger partial charge in [0.2, 0.25) is 0 Å². The van der Waals surface area contributed by atoms with E-state index in [1.165, 1.54) is 0 Å². The zero-order chi connectivity index (χ0) is 13.6. The molecule has 0 bridgehead atoms. The van der Waals surface area contributed by atoms with Crippen molar-refractivity contribution < 1.29 is 4.74 Å². The number of ether oxygens (including phenoxy) is 1. The number of nitrogens with zero attached hydrogens (tertiary/aromatic N) is 1. The van der Waals surface area contributed by atoms with Crippen molar-refractivity contribution in [1.82, 2.24) is 9.97 Å². The molecule has 0 saturated heterocycles. The molecule has 19 heavy (non-hydrogen) atoms. The first-order chi connectivity index (χ1) is 8.97. The summed E-state index contributed by atoms with van der Waals surface area (Å²) in [5.41, 5.74) is 2.12. The summed E-state index contributed by atoms with van der Waals surface area (Å²) in [5, 5.41) is 1.60. The average Bonchev–Trinajstić information content (AvgIpc) is 2.37. The van der Waals surface area contributed by atoms with Gasteiger partial charge in [-0.05, 0) is 16.9 Å². The smallest absolute Gasteiger partial charge is 0.257 e. The lowest BCUT2D eigenvalue weighted by molar-refractivity contribution is -0.0380. The number of pyridine rings is 2. The van der Waals surface area contributed by atoms with Gasteiger partial charge in [0.15, 0.2) is 0 Å². The molecule has 1 atom stereocenters. The zero-order valence-electron chi connectivity index (χ0n) is 11.5. The van der Waals surface area contributed by atoms with Crippen LogP contribution < -0.4 is 5.56 Å². The lowest BCUT2D eigenvalue weighted by Gasteiger charge is -2.35. The van der Waals surface area contributed by atoms with Gasteiger partial charge in [0, 0.05) is 30.1 Å². The van der Waals surface area contributed by atoms with Gasteiger partial charge < -0.3 is 9.72 Å². The molecule has 0 radical (unpaired) electrons. The topological polar surface area (TPSA) is 55.0 Å². The fraction of sp³-hybridized carbons (Fsp3) is 0.467. The fourth-order valence-corrected chi connectivity index (χ4v) is 2.60. The Morgan fingerprint density at radius 2 is 2.16 bits per heavy atom. The van der Waals surface area contributed by atoms with Gasteiger partial charge in [0.25, 0.3) is 5.56 Å². The molecule has 0 saturated carbocycles. The number of fused-ring (bicyclic) bond motifs is 3. The minimum Gasteiger partial charge on any atom is -0.373 e. The first kappa shape index (κ1) is 12.4. The van der Waals surface area contributed by atoms with E-state index < -0.39 is 0 Å². The third-order valence-electron chi connectivity index (χ3n) is 3.80. The van der Waals surface area contributed by atoms with Crippen LogP contribution >= 0.6 is 0 Å². The van der Waals surface area contributed by atoms with E-state index >= 15 is 0 Å². The number of aromatic amines is 1. The largest absolute Gasteiger partial charge is 0.373 e. The molecule has 0 spiro atoms. The Morgan fingerprint density at radius 1 is 1.37 bits per heavy atom. The predicted octanol–water partition coefficient (Wildman–Crippen LogP) is 2.41. The maximum atomic E-state index is 12.1. The first-order valence-electron chi connectivity index (χ1n) is 6.56. The Labute approximate surface area is 111 Å². The number of hydrogen-bond donors (Lipinski definition) is 1. The van der Waals surface area contributed by atoms with E-state index in [1.54, 1.807) is 12.4 Å². The van der Waals surface area contributed by atoms with Crippen molar-refractivity contribution in [3.8, 4) is 0 Å². The van der Waals surface area contributed by atoms with Gasteiger partial charge in [-0.1, -0.05) is 20.8 Å². The van der Waals surface area contributed by atoms with E-state index in [1.807, 2.05) is 6.07 Å². The highest BCUT2D eigenvalue weighted by Gasteiger charge is 2.31. The molecular weight excluding hydrogens is 240 g/mol. The lowest BCUT2D eigenvalue weighted by Crippen LogP contribution is -2.36. The van der Waals surface area contributed by atoms with Gasteiger partial charge in [-0.25, -0.2) is 0 Å². The molecule has 0 fully saturated rings. The molecule has 1 aliphatic heterocycles. The molecule has 0 aromatic carbocycles. The molecule has 100 valence electrons. The zero-order valence-corrected chi connectivity index (χ0v) is 11.5. The minimum absolute atomic E-state index is 0.0589. The van der Waals surface area contributed by atoms with Gasteiger partial charge in [-0.2, -0.15) is 0 Å². The van der Waals surface area contributed by atoms with Crippen LogP contribution in [0.1, 0.15) is 32.0 Å². The molecular formula is C15H18N2O2. The molecule has 2 aromatic heterocycles. The quantitative estimate of drug-likeness (QED) is 0.789. The number of rotatable bonds is 0.